The van der Waals surface area contributed by atoms with Crippen LogP contribution in [0.3, 0.4) is 0 Å². The van der Waals surface area contributed by atoms with Gasteiger partial charge in [-0.15, -0.1) is 11.3 Å². The van der Waals surface area contributed by atoms with Gasteiger partial charge in [0.15, 0.2) is 0 Å². The number of nitrogens with one attached hydrogen (secondary N) is 1. The Morgan fingerprint density at radius 1 is 1.06 bits per heavy atom. The average Bonchev–Trinajstić information content (AvgIpc) is 3.38. The van der Waals surface area contributed by atoms with Gasteiger partial charge in [0, 0.05) is 5.92 Å². The number of rotatable bonds is 6. The van der Waals surface area contributed by atoms with Crippen LogP contribution in [0.15, 0.2) is 71.1 Å². The average molecular weight is 447 g/mol. The summed E-state index contributed by atoms with van der Waals surface area (Å²) in [6, 6.07) is 19.1. The Morgan fingerprint density at radius 3 is 2.41 bits per heavy atom. The summed E-state index contributed by atoms with van der Waals surface area (Å²) in [7, 11) is 0. The lowest BCUT2D eigenvalue weighted by Crippen LogP contribution is -2.20. The highest BCUT2D eigenvalue weighted by Gasteiger charge is 2.44. The SMILES string of the molecule is CC(C)(C)c1ccc([C@@H]2C[C@H]2C(=O)N/N=C/c2ccc(OC(=O)c3cccs3)cc2)cc1. The van der Waals surface area contributed by atoms with E-state index in [4.69, 9.17) is 4.74 Å². The smallest absolute Gasteiger partial charge is 0.353 e. The second-order valence-electron chi connectivity index (χ2n) is 8.99. The number of benzene rings is 2. The van der Waals surface area contributed by atoms with E-state index in [0.29, 0.717) is 10.6 Å². The predicted octanol–water partition coefficient (Wildman–Crippen LogP) is 5.52. The molecule has 6 heteroatoms. The summed E-state index contributed by atoms with van der Waals surface area (Å²) in [6.07, 6.45) is 2.43. The first kappa shape index (κ1) is 22.0. The Balaban J connectivity index is 1.26. The fraction of sp³-hybridized carbons (Fsp3) is 0.269. The van der Waals surface area contributed by atoms with Crippen LogP contribution in [0.1, 0.15) is 59.5 Å². The molecule has 0 saturated heterocycles. The van der Waals surface area contributed by atoms with Crippen LogP contribution in [0, 0.1) is 5.92 Å². The van der Waals surface area contributed by atoms with E-state index in [1.807, 2.05) is 11.4 Å². The molecule has 3 aromatic rings. The van der Waals surface area contributed by atoms with Gasteiger partial charge in [0.1, 0.15) is 10.6 Å². The molecule has 32 heavy (non-hydrogen) atoms. The summed E-state index contributed by atoms with van der Waals surface area (Å²) in [4.78, 5) is 24.9. The third-order valence-electron chi connectivity index (χ3n) is 5.53. The number of carbonyl (C=O) groups excluding carboxylic acids is 2. The number of hydrazone groups is 1. The first-order chi connectivity index (χ1) is 15.3. The molecule has 1 aromatic heterocycles. The highest BCUT2D eigenvalue weighted by atomic mass is 32.1. The highest BCUT2D eigenvalue weighted by Crippen LogP contribution is 2.47. The van der Waals surface area contributed by atoms with E-state index < -0.39 is 0 Å². The van der Waals surface area contributed by atoms with Crippen molar-refractivity contribution in [3.05, 3.63) is 87.6 Å². The van der Waals surface area contributed by atoms with Crippen LogP contribution in [0.4, 0.5) is 0 Å². The van der Waals surface area contributed by atoms with Crippen LogP contribution < -0.4 is 10.2 Å². The van der Waals surface area contributed by atoms with Crippen molar-refractivity contribution in [1.29, 1.82) is 0 Å². The van der Waals surface area contributed by atoms with Crippen LogP contribution in [0.5, 0.6) is 5.75 Å². The van der Waals surface area contributed by atoms with Gasteiger partial charge in [-0.25, -0.2) is 10.2 Å². The molecule has 0 unspecified atom stereocenters. The van der Waals surface area contributed by atoms with Crippen LogP contribution in [-0.2, 0) is 10.2 Å². The fourth-order valence-electron chi connectivity index (χ4n) is 3.51. The lowest BCUT2D eigenvalue weighted by atomic mass is 9.86. The number of amides is 1. The molecule has 1 aliphatic rings. The topological polar surface area (TPSA) is 67.8 Å². The number of esters is 1. The molecule has 1 N–H and O–H groups in total. The number of nitrogens with zero attached hydrogens (tertiary/aromatic N) is 1. The number of carbonyl (C=O) groups is 2. The maximum Gasteiger partial charge on any atom is 0.353 e. The molecule has 2 aromatic carbocycles. The molecular weight excluding hydrogens is 420 g/mol. The molecule has 1 aliphatic carbocycles. The van der Waals surface area contributed by atoms with E-state index in [9.17, 15) is 9.59 Å². The summed E-state index contributed by atoms with van der Waals surface area (Å²) in [5.74, 6) is 0.249. The van der Waals surface area contributed by atoms with Crippen molar-refractivity contribution in [2.75, 3.05) is 0 Å². The van der Waals surface area contributed by atoms with Gasteiger partial charge in [0.2, 0.25) is 5.91 Å². The van der Waals surface area contributed by atoms with Gasteiger partial charge >= 0.3 is 5.97 Å². The fourth-order valence-corrected chi connectivity index (χ4v) is 4.11. The van der Waals surface area contributed by atoms with E-state index in [0.717, 1.165) is 12.0 Å². The molecule has 1 fully saturated rings. The van der Waals surface area contributed by atoms with Crippen molar-refractivity contribution >= 4 is 29.4 Å². The molecule has 5 nitrogen and oxygen atoms in total. The molecule has 4 rings (SSSR count). The predicted molar refractivity (Wildman–Crippen MR) is 127 cm³/mol. The second kappa shape index (κ2) is 9.09. The molecular formula is C26H26N2O3S. The summed E-state index contributed by atoms with van der Waals surface area (Å²) >= 11 is 1.34. The van der Waals surface area contributed by atoms with E-state index in [2.05, 4.69) is 55.6 Å². The van der Waals surface area contributed by atoms with Gasteiger partial charge in [-0.1, -0.05) is 51.1 Å². The third kappa shape index (κ3) is 5.32. The zero-order valence-electron chi connectivity index (χ0n) is 18.4. The number of hydrogen-bond donors (Lipinski definition) is 1. The Kier molecular flexibility index (Phi) is 6.24. The minimum atomic E-state index is -0.374. The molecule has 1 heterocycles. The van der Waals surface area contributed by atoms with Gasteiger partial charge in [0.05, 0.1) is 6.21 Å². The monoisotopic (exact) mass is 446 g/mol. The first-order valence-corrected chi connectivity index (χ1v) is 11.5. The Morgan fingerprint density at radius 2 is 1.78 bits per heavy atom. The lowest BCUT2D eigenvalue weighted by Gasteiger charge is -2.19. The van der Waals surface area contributed by atoms with Crippen molar-refractivity contribution in [3.63, 3.8) is 0 Å². The maximum absolute atomic E-state index is 12.4. The maximum atomic E-state index is 12.4. The first-order valence-electron chi connectivity index (χ1n) is 10.6. The van der Waals surface area contributed by atoms with Crippen LogP contribution >= 0.6 is 11.3 Å². The van der Waals surface area contributed by atoms with E-state index in [-0.39, 0.29) is 29.1 Å². The van der Waals surface area contributed by atoms with E-state index in [1.54, 1.807) is 36.5 Å². The normalized spacial score (nSPS) is 17.8. The van der Waals surface area contributed by atoms with E-state index in [1.165, 1.54) is 22.5 Å². The molecule has 0 aliphatic heterocycles. The van der Waals surface area contributed by atoms with Gasteiger partial charge in [-0.05, 0) is 70.2 Å². The van der Waals surface area contributed by atoms with Gasteiger partial charge in [-0.2, -0.15) is 5.10 Å². The summed E-state index contributed by atoms with van der Waals surface area (Å²) in [5, 5.41) is 5.91. The van der Waals surface area contributed by atoms with Crippen molar-refractivity contribution in [1.82, 2.24) is 5.43 Å². The molecule has 0 radical (unpaired) electrons. The lowest BCUT2D eigenvalue weighted by molar-refractivity contribution is -0.122. The molecule has 0 spiro atoms. The molecule has 1 saturated carbocycles. The van der Waals surface area contributed by atoms with Gasteiger partial charge < -0.3 is 4.74 Å². The van der Waals surface area contributed by atoms with Crippen molar-refractivity contribution in [2.45, 2.75) is 38.5 Å². The Bertz CT molecular complexity index is 1110. The van der Waals surface area contributed by atoms with Crippen LogP contribution in [0.2, 0.25) is 0 Å². The molecule has 2 atom stereocenters. The Labute approximate surface area is 192 Å². The number of ether oxygens (including phenoxy) is 1. The van der Waals surface area contributed by atoms with E-state index >= 15 is 0 Å². The third-order valence-corrected chi connectivity index (χ3v) is 6.38. The molecule has 0 bridgehead atoms. The Hall–Kier alpha value is -3.25. The minimum Gasteiger partial charge on any atom is -0.422 e. The van der Waals surface area contributed by atoms with Gasteiger partial charge in [0.25, 0.3) is 0 Å². The number of thiophene rings is 1. The van der Waals surface area contributed by atoms with Crippen LogP contribution in [0.25, 0.3) is 0 Å². The zero-order chi connectivity index (χ0) is 22.7. The minimum absolute atomic E-state index is 0.0355. The van der Waals surface area contributed by atoms with Crippen molar-refractivity contribution in [3.8, 4) is 5.75 Å². The second-order valence-corrected chi connectivity index (χ2v) is 9.94. The quantitative estimate of drug-likeness (QED) is 0.235. The van der Waals surface area contributed by atoms with Crippen molar-refractivity contribution in [2.24, 2.45) is 11.0 Å². The largest absolute Gasteiger partial charge is 0.422 e. The van der Waals surface area contributed by atoms with Crippen LogP contribution in [-0.4, -0.2) is 18.1 Å². The summed E-state index contributed by atoms with van der Waals surface area (Å²) in [6.45, 7) is 6.58. The van der Waals surface area contributed by atoms with Gasteiger partial charge in [-0.3, -0.25) is 4.79 Å². The number of hydrogen-bond acceptors (Lipinski definition) is 5. The molecule has 164 valence electrons. The summed E-state index contributed by atoms with van der Waals surface area (Å²) in [5.41, 5.74) is 6.06. The standard InChI is InChI=1S/C26H26N2O3S/c1-26(2,3)19-10-8-18(9-11-19)21-15-22(21)24(29)28-27-16-17-6-12-20(13-7-17)31-25(30)23-5-4-14-32-23/h4-14,16,21-22H,15H2,1-3H3,(H,28,29)/b27-16+/t21-,22+/m0/s1. The van der Waals surface area contributed by atoms with Crippen molar-refractivity contribution < 1.29 is 14.3 Å². The zero-order valence-corrected chi connectivity index (χ0v) is 19.2. The highest BCUT2D eigenvalue weighted by molar-refractivity contribution is 7.12. The molecule has 1 amide bonds. The summed E-state index contributed by atoms with van der Waals surface area (Å²) < 4.78 is 5.33.